The minimum Gasteiger partial charge on any atom is -0.332 e. The number of hydrogen-bond donors (Lipinski definition) is 0. The molecule has 0 aromatic heterocycles. The molecule has 0 aliphatic carbocycles. The van der Waals surface area contributed by atoms with Crippen LogP contribution < -0.4 is 0 Å². The van der Waals surface area contributed by atoms with Crippen LogP contribution in [0.1, 0.15) is 40.4 Å². The zero-order valence-electron chi connectivity index (χ0n) is 12.0. The maximum atomic E-state index is 12.8. The molecule has 0 spiro atoms. The van der Waals surface area contributed by atoms with Gasteiger partial charge in [-0.15, -0.1) is 0 Å². The molecule has 1 fully saturated rings. The molecular weight excluding hydrogens is 296 g/mol. The number of carbonyl (C=O) groups is 1. The minimum atomic E-state index is -0.0189. The third kappa shape index (κ3) is 2.84. The second-order valence-electron chi connectivity index (χ2n) is 5.40. The Morgan fingerprint density at radius 2 is 2.00 bits per heavy atom. The average molecular weight is 311 g/mol. The van der Waals surface area contributed by atoms with Crippen LogP contribution in [-0.2, 0) is 0 Å². The summed E-state index contributed by atoms with van der Waals surface area (Å²) in [5, 5.41) is 9.67. The second kappa shape index (κ2) is 6.21. The molecule has 3 nitrogen and oxygen atoms in total. The molecule has 4 heteroatoms. The molecule has 1 aliphatic heterocycles. The first-order chi connectivity index (χ1) is 10.7. The van der Waals surface area contributed by atoms with Crippen LogP contribution in [0.3, 0.4) is 0 Å². The molecule has 3 rings (SSSR count). The number of likely N-dealkylation sites (tertiary alicyclic amines) is 1. The lowest BCUT2D eigenvalue weighted by Crippen LogP contribution is -2.30. The number of amides is 1. The highest BCUT2D eigenvalue weighted by atomic mass is 35.5. The molecule has 1 aliphatic rings. The van der Waals surface area contributed by atoms with Gasteiger partial charge in [-0.05, 0) is 48.7 Å². The lowest BCUT2D eigenvalue weighted by atomic mass is 10.0. The molecule has 0 bridgehead atoms. The molecule has 0 saturated carbocycles. The van der Waals surface area contributed by atoms with Gasteiger partial charge in [0, 0.05) is 17.1 Å². The van der Waals surface area contributed by atoms with E-state index in [-0.39, 0.29) is 11.9 Å². The van der Waals surface area contributed by atoms with E-state index in [4.69, 9.17) is 16.9 Å². The van der Waals surface area contributed by atoms with Gasteiger partial charge < -0.3 is 4.90 Å². The van der Waals surface area contributed by atoms with Crippen LogP contribution in [0.15, 0.2) is 48.5 Å². The van der Waals surface area contributed by atoms with E-state index in [1.165, 1.54) is 0 Å². The molecular formula is C18H15ClN2O. The van der Waals surface area contributed by atoms with Gasteiger partial charge in [0.05, 0.1) is 17.7 Å². The summed E-state index contributed by atoms with van der Waals surface area (Å²) in [6.45, 7) is 0.739. The van der Waals surface area contributed by atoms with E-state index in [1.807, 2.05) is 29.2 Å². The Morgan fingerprint density at radius 3 is 2.73 bits per heavy atom. The number of carbonyl (C=O) groups excluding carboxylic acids is 1. The Morgan fingerprint density at radius 1 is 1.23 bits per heavy atom. The van der Waals surface area contributed by atoms with Gasteiger partial charge in [-0.3, -0.25) is 4.79 Å². The molecule has 1 unspecified atom stereocenters. The summed E-state index contributed by atoms with van der Waals surface area (Å²) in [4.78, 5) is 14.6. The van der Waals surface area contributed by atoms with E-state index in [9.17, 15) is 4.79 Å². The van der Waals surface area contributed by atoms with Crippen molar-refractivity contribution < 1.29 is 4.79 Å². The molecule has 1 heterocycles. The van der Waals surface area contributed by atoms with Gasteiger partial charge in [-0.1, -0.05) is 29.8 Å². The maximum Gasteiger partial charge on any atom is 0.254 e. The fourth-order valence-corrected chi connectivity index (χ4v) is 3.05. The quantitative estimate of drug-likeness (QED) is 0.835. The summed E-state index contributed by atoms with van der Waals surface area (Å²) in [6.07, 6.45) is 1.93. The first-order valence-electron chi connectivity index (χ1n) is 7.25. The van der Waals surface area contributed by atoms with E-state index in [0.29, 0.717) is 16.1 Å². The number of rotatable bonds is 2. The Hall–Kier alpha value is -2.31. The average Bonchev–Trinajstić information content (AvgIpc) is 3.04. The third-order valence-corrected chi connectivity index (χ3v) is 4.26. The Balaban J connectivity index is 1.87. The van der Waals surface area contributed by atoms with Crippen molar-refractivity contribution in [1.29, 1.82) is 5.26 Å². The summed E-state index contributed by atoms with van der Waals surface area (Å²) >= 11 is 5.94. The minimum absolute atomic E-state index is 0.0189. The van der Waals surface area contributed by atoms with Crippen molar-refractivity contribution in [3.63, 3.8) is 0 Å². The molecule has 2 aromatic rings. The summed E-state index contributed by atoms with van der Waals surface area (Å²) in [5.41, 5.74) is 2.18. The van der Waals surface area contributed by atoms with Gasteiger partial charge in [-0.2, -0.15) is 5.26 Å². The van der Waals surface area contributed by atoms with Crippen LogP contribution in [0, 0.1) is 11.3 Å². The van der Waals surface area contributed by atoms with E-state index >= 15 is 0 Å². The molecule has 0 radical (unpaired) electrons. The lowest BCUT2D eigenvalue weighted by molar-refractivity contribution is 0.0735. The van der Waals surface area contributed by atoms with Gasteiger partial charge >= 0.3 is 0 Å². The first-order valence-corrected chi connectivity index (χ1v) is 7.63. The first kappa shape index (κ1) is 14.6. The molecule has 0 N–H and O–H groups in total. The number of nitriles is 1. The van der Waals surface area contributed by atoms with Crippen LogP contribution in [-0.4, -0.2) is 17.4 Å². The van der Waals surface area contributed by atoms with Gasteiger partial charge in [0.1, 0.15) is 0 Å². The monoisotopic (exact) mass is 310 g/mol. The fourth-order valence-electron chi connectivity index (χ4n) is 2.93. The van der Waals surface area contributed by atoms with Gasteiger partial charge in [-0.25, -0.2) is 0 Å². The summed E-state index contributed by atoms with van der Waals surface area (Å²) in [7, 11) is 0. The van der Waals surface area contributed by atoms with Crippen molar-refractivity contribution in [1.82, 2.24) is 4.90 Å². The van der Waals surface area contributed by atoms with Crippen molar-refractivity contribution >= 4 is 17.5 Å². The normalized spacial score (nSPS) is 17.3. The Bertz CT molecular complexity index is 733. The van der Waals surface area contributed by atoms with Gasteiger partial charge in [0.15, 0.2) is 0 Å². The van der Waals surface area contributed by atoms with E-state index in [0.717, 1.165) is 24.9 Å². The van der Waals surface area contributed by atoms with Crippen LogP contribution in [0.2, 0.25) is 5.02 Å². The van der Waals surface area contributed by atoms with Gasteiger partial charge in [0.2, 0.25) is 0 Å². The molecule has 1 amide bonds. The van der Waals surface area contributed by atoms with E-state index < -0.39 is 0 Å². The van der Waals surface area contributed by atoms with Crippen LogP contribution in [0.5, 0.6) is 0 Å². The fraction of sp³-hybridized carbons (Fsp3) is 0.222. The number of nitrogens with zero attached hydrogens (tertiary/aromatic N) is 2. The van der Waals surface area contributed by atoms with Crippen molar-refractivity contribution in [2.24, 2.45) is 0 Å². The third-order valence-electron chi connectivity index (χ3n) is 4.01. The van der Waals surface area contributed by atoms with Gasteiger partial charge in [0.25, 0.3) is 5.91 Å². The van der Waals surface area contributed by atoms with E-state index in [2.05, 4.69) is 6.07 Å². The molecule has 110 valence electrons. The zero-order valence-corrected chi connectivity index (χ0v) is 12.8. The summed E-state index contributed by atoms with van der Waals surface area (Å²) in [6, 6.07) is 16.7. The maximum absolute atomic E-state index is 12.8. The zero-order chi connectivity index (χ0) is 15.5. The standard InChI is InChI=1S/C18H15ClN2O/c19-16-8-6-14(7-9-16)17-5-2-10-21(17)18(22)15-4-1-3-13(11-15)12-20/h1,3-4,6-9,11,17H,2,5,10H2. The molecule has 22 heavy (non-hydrogen) atoms. The highest BCUT2D eigenvalue weighted by Gasteiger charge is 2.30. The van der Waals surface area contributed by atoms with Crippen LogP contribution in [0.25, 0.3) is 0 Å². The highest BCUT2D eigenvalue weighted by Crippen LogP contribution is 2.33. The summed E-state index contributed by atoms with van der Waals surface area (Å²) < 4.78 is 0. The number of benzene rings is 2. The van der Waals surface area contributed by atoms with Crippen molar-refractivity contribution in [3.05, 3.63) is 70.2 Å². The lowest BCUT2D eigenvalue weighted by Gasteiger charge is -2.25. The van der Waals surface area contributed by atoms with Crippen LogP contribution >= 0.6 is 11.6 Å². The van der Waals surface area contributed by atoms with Crippen molar-refractivity contribution in [3.8, 4) is 6.07 Å². The predicted octanol–water partition coefficient (Wildman–Crippen LogP) is 4.19. The topological polar surface area (TPSA) is 44.1 Å². The van der Waals surface area contributed by atoms with Crippen LogP contribution in [0.4, 0.5) is 0 Å². The largest absolute Gasteiger partial charge is 0.332 e. The number of hydrogen-bond acceptors (Lipinski definition) is 2. The summed E-state index contributed by atoms with van der Waals surface area (Å²) in [5.74, 6) is -0.0189. The Kier molecular flexibility index (Phi) is 4.13. The SMILES string of the molecule is N#Cc1cccc(C(=O)N2CCCC2c2ccc(Cl)cc2)c1. The number of halogens is 1. The highest BCUT2D eigenvalue weighted by molar-refractivity contribution is 6.30. The molecule has 1 atom stereocenters. The van der Waals surface area contributed by atoms with E-state index in [1.54, 1.807) is 24.3 Å². The van der Waals surface area contributed by atoms with Crippen molar-refractivity contribution in [2.75, 3.05) is 6.54 Å². The van der Waals surface area contributed by atoms with Crippen molar-refractivity contribution in [2.45, 2.75) is 18.9 Å². The molecule has 2 aromatic carbocycles. The smallest absolute Gasteiger partial charge is 0.254 e. The predicted molar refractivity (Wildman–Crippen MR) is 85.6 cm³/mol. The molecule has 1 saturated heterocycles. The Labute approximate surface area is 134 Å². The second-order valence-corrected chi connectivity index (χ2v) is 5.84.